The molecule has 1 rings (SSSR count). The number of thiazole rings is 1. The van der Waals surface area contributed by atoms with E-state index in [-0.39, 0.29) is 0 Å². The Labute approximate surface area is 90.8 Å². The second-order valence-electron chi connectivity index (χ2n) is 3.92. The molecule has 1 aromatic heterocycles. The molecule has 0 aromatic carbocycles. The molecule has 1 N–H and O–H groups in total. The summed E-state index contributed by atoms with van der Waals surface area (Å²) in [5, 5.41) is 4.45. The molecular weight excluding hydrogens is 192 g/mol. The van der Waals surface area contributed by atoms with Gasteiger partial charge in [0, 0.05) is 10.8 Å². The van der Waals surface area contributed by atoms with E-state index in [2.05, 4.69) is 31.1 Å². The lowest BCUT2D eigenvalue weighted by molar-refractivity contribution is 0.727. The van der Waals surface area contributed by atoms with Gasteiger partial charge in [-0.15, -0.1) is 11.3 Å². The van der Waals surface area contributed by atoms with Crippen LogP contribution in [0.1, 0.15) is 41.8 Å². The third kappa shape index (κ3) is 3.07. The van der Waals surface area contributed by atoms with Crippen molar-refractivity contribution in [3.05, 3.63) is 15.6 Å². The number of nitrogens with one attached hydrogen (secondary N) is 1. The molecule has 0 radical (unpaired) electrons. The maximum absolute atomic E-state index is 4.59. The van der Waals surface area contributed by atoms with Gasteiger partial charge < -0.3 is 5.32 Å². The fraction of sp³-hybridized carbons (Fsp3) is 0.727. The molecule has 80 valence electrons. The molecule has 0 fully saturated rings. The molecule has 1 heterocycles. The zero-order chi connectivity index (χ0) is 10.6. The lowest BCUT2D eigenvalue weighted by atomic mass is 10.2. The Morgan fingerprint density at radius 3 is 2.64 bits per heavy atom. The van der Waals surface area contributed by atoms with Crippen molar-refractivity contribution in [1.82, 2.24) is 10.3 Å². The monoisotopic (exact) mass is 212 g/mol. The van der Waals surface area contributed by atoms with Crippen molar-refractivity contribution in [3.63, 3.8) is 0 Å². The van der Waals surface area contributed by atoms with E-state index >= 15 is 0 Å². The minimum absolute atomic E-state index is 0.566. The minimum Gasteiger partial charge on any atom is -0.320 e. The predicted octanol–water partition coefficient (Wildman–Crippen LogP) is 2.73. The van der Waals surface area contributed by atoms with Gasteiger partial charge >= 0.3 is 0 Å². The van der Waals surface area contributed by atoms with Gasteiger partial charge in [0.05, 0.1) is 10.7 Å². The first kappa shape index (κ1) is 11.7. The molecule has 0 bridgehead atoms. The summed E-state index contributed by atoms with van der Waals surface area (Å²) in [6, 6.07) is 0. The second kappa shape index (κ2) is 5.47. The van der Waals surface area contributed by atoms with Crippen LogP contribution in [0.15, 0.2) is 0 Å². The molecule has 0 amide bonds. The summed E-state index contributed by atoms with van der Waals surface area (Å²) in [5.41, 5.74) is 1.23. The van der Waals surface area contributed by atoms with Crippen molar-refractivity contribution in [2.45, 2.75) is 39.5 Å². The summed E-state index contributed by atoms with van der Waals surface area (Å²) in [7, 11) is 2.00. The van der Waals surface area contributed by atoms with Gasteiger partial charge in [-0.2, -0.15) is 0 Å². The Morgan fingerprint density at radius 2 is 2.14 bits per heavy atom. The number of aromatic nitrogens is 1. The van der Waals surface area contributed by atoms with Crippen LogP contribution >= 0.6 is 11.3 Å². The number of nitrogens with zero attached hydrogens (tertiary/aromatic N) is 1. The topological polar surface area (TPSA) is 24.9 Å². The van der Waals surface area contributed by atoms with Gasteiger partial charge in [0.25, 0.3) is 0 Å². The molecule has 3 heteroatoms. The van der Waals surface area contributed by atoms with Crippen molar-refractivity contribution in [2.75, 3.05) is 13.6 Å². The zero-order valence-corrected chi connectivity index (χ0v) is 10.4. The van der Waals surface area contributed by atoms with Gasteiger partial charge in [-0.3, -0.25) is 0 Å². The van der Waals surface area contributed by atoms with Gasteiger partial charge in [0.2, 0.25) is 0 Å². The van der Waals surface area contributed by atoms with E-state index in [0.29, 0.717) is 5.92 Å². The highest BCUT2D eigenvalue weighted by Crippen LogP contribution is 2.25. The molecular formula is C11H20N2S. The van der Waals surface area contributed by atoms with Crippen molar-refractivity contribution in [3.8, 4) is 0 Å². The number of aryl methyl sites for hydroxylation is 2. The van der Waals surface area contributed by atoms with Gasteiger partial charge in [0.15, 0.2) is 0 Å². The van der Waals surface area contributed by atoms with Crippen LogP contribution in [0.5, 0.6) is 0 Å². The SMILES string of the molecule is CNCCCc1sc(C(C)C)nc1C. The second-order valence-corrected chi connectivity index (χ2v) is 5.04. The highest BCUT2D eigenvalue weighted by molar-refractivity contribution is 7.11. The van der Waals surface area contributed by atoms with Gasteiger partial charge in [-0.1, -0.05) is 13.8 Å². The van der Waals surface area contributed by atoms with E-state index in [1.54, 1.807) is 0 Å². The summed E-state index contributed by atoms with van der Waals surface area (Å²) < 4.78 is 0. The summed E-state index contributed by atoms with van der Waals surface area (Å²) >= 11 is 1.88. The van der Waals surface area contributed by atoms with Gasteiger partial charge in [-0.25, -0.2) is 4.98 Å². The summed E-state index contributed by atoms with van der Waals surface area (Å²) in [6.07, 6.45) is 2.37. The van der Waals surface area contributed by atoms with Crippen molar-refractivity contribution >= 4 is 11.3 Å². The van der Waals surface area contributed by atoms with Crippen LogP contribution < -0.4 is 5.32 Å². The van der Waals surface area contributed by atoms with Gasteiger partial charge in [-0.05, 0) is 33.4 Å². The average molecular weight is 212 g/mol. The third-order valence-electron chi connectivity index (χ3n) is 2.23. The number of hydrogen-bond donors (Lipinski definition) is 1. The Kier molecular flexibility index (Phi) is 4.55. The standard InChI is InChI=1S/C11H20N2S/c1-8(2)11-13-9(3)10(14-11)6-5-7-12-4/h8,12H,5-7H2,1-4H3. The molecule has 0 saturated carbocycles. The third-order valence-corrected chi connectivity index (χ3v) is 3.75. The molecule has 0 atom stereocenters. The largest absolute Gasteiger partial charge is 0.320 e. The van der Waals surface area contributed by atoms with E-state index in [0.717, 1.165) is 13.0 Å². The van der Waals surface area contributed by atoms with Gasteiger partial charge in [0.1, 0.15) is 0 Å². The number of hydrogen-bond acceptors (Lipinski definition) is 3. The maximum Gasteiger partial charge on any atom is 0.0956 e. The quantitative estimate of drug-likeness (QED) is 0.759. The highest BCUT2D eigenvalue weighted by Gasteiger charge is 2.09. The van der Waals surface area contributed by atoms with Crippen LogP contribution in [0.2, 0.25) is 0 Å². The average Bonchev–Trinajstić information content (AvgIpc) is 2.49. The first-order valence-corrected chi connectivity index (χ1v) is 6.07. The van der Waals surface area contributed by atoms with Crippen LogP contribution in [0, 0.1) is 6.92 Å². The van der Waals surface area contributed by atoms with Crippen molar-refractivity contribution < 1.29 is 0 Å². The Balaban J connectivity index is 2.58. The molecule has 0 aliphatic rings. The van der Waals surface area contributed by atoms with Crippen LogP contribution in [0.4, 0.5) is 0 Å². The Bertz CT molecular complexity index is 279. The maximum atomic E-state index is 4.59. The van der Waals surface area contributed by atoms with Crippen molar-refractivity contribution in [2.24, 2.45) is 0 Å². The van der Waals surface area contributed by atoms with E-state index < -0.39 is 0 Å². The lowest BCUT2D eigenvalue weighted by Gasteiger charge is -1.98. The van der Waals surface area contributed by atoms with Crippen LogP contribution in [0.3, 0.4) is 0 Å². The minimum atomic E-state index is 0.566. The summed E-state index contributed by atoms with van der Waals surface area (Å²) in [4.78, 5) is 6.05. The van der Waals surface area contributed by atoms with E-state index in [9.17, 15) is 0 Å². The lowest BCUT2D eigenvalue weighted by Crippen LogP contribution is -2.08. The molecule has 0 spiro atoms. The number of rotatable bonds is 5. The fourth-order valence-electron chi connectivity index (χ4n) is 1.36. The molecule has 1 aromatic rings. The van der Waals surface area contributed by atoms with E-state index in [1.165, 1.54) is 22.0 Å². The molecule has 0 saturated heterocycles. The zero-order valence-electron chi connectivity index (χ0n) is 9.55. The van der Waals surface area contributed by atoms with E-state index in [4.69, 9.17) is 0 Å². The molecule has 0 aliphatic carbocycles. The summed E-state index contributed by atoms with van der Waals surface area (Å²) in [6.45, 7) is 7.62. The normalized spacial score (nSPS) is 11.2. The smallest absolute Gasteiger partial charge is 0.0956 e. The molecule has 14 heavy (non-hydrogen) atoms. The molecule has 0 unspecified atom stereocenters. The summed E-state index contributed by atoms with van der Waals surface area (Å²) in [5.74, 6) is 0.566. The highest BCUT2D eigenvalue weighted by atomic mass is 32.1. The Morgan fingerprint density at radius 1 is 1.43 bits per heavy atom. The first-order valence-electron chi connectivity index (χ1n) is 5.26. The predicted molar refractivity (Wildman–Crippen MR) is 63.2 cm³/mol. The van der Waals surface area contributed by atoms with Crippen molar-refractivity contribution in [1.29, 1.82) is 0 Å². The fourth-order valence-corrected chi connectivity index (χ4v) is 2.47. The van der Waals surface area contributed by atoms with E-state index in [1.807, 2.05) is 18.4 Å². The van der Waals surface area contributed by atoms with Crippen LogP contribution in [0.25, 0.3) is 0 Å². The van der Waals surface area contributed by atoms with Crippen LogP contribution in [-0.4, -0.2) is 18.6 Å². The molecule has 0 aliphatic heterocycles. The Hall–Kier alpha value is -0.410. The molecule has 2 nitrogen and oxygen atoms in total. The van der Waals surface area contributed by atoms with Crippen LogP contribution in [-0.2, 0) is 6.42 Å². The first-order chi connectivity index (χ1) is 6.65.